The van der Waals surface area contributed by atoms with Gasteiger partial charge in [0.2, 0.25) is 17.7 Å². The van der Waals surface area contributed by atoms with Gasteiger partial charge in [-0.05, 0) is 85.4 Å². The van der Waals surface area contributed by atoms with E-state index in [1.54, 1.807) is 22.5 Å². The van der Waals surface area contributed by atoms with Crippen LogP contribution in [0.2, 0.25) is 0 Å². The first-order chi connectivity index (χ1) is 30.6. The van der Waals surface area contributed by atoms with Gasteiger partial charge >= 0.3 is 5.69 Å². The fourth-order valence-electron chi connectivity index (χ4n) is 7.75. The van der Waals surface area contributed by atoms with Gasteiger partial charge in [0.15, 0.2) is 5.69 Å². The summed E-state index contributed by atoms with van der Waals surface area (Å²) in [5.74, 6) is 0.735. The predicted octanol–water partition coefficient (Wildman–Crippen LogP) is 5.51. The average Bonchev–Trinajstić information content (AvgIpc) is 3.68. The number of benzene rings is 2. The van der Waals surface area contributed by atoms with Crippen LogP contribution in [-0.2, 0) is 39.1 Å². The number of aromatic nitrogens is 6. The Morgan fingerprint density at radius 1 is 1.00 bits per heavy atom. The van der Waals surface area contributed by atoms with E-state index in [4.69, 9.17) is 19.0 Å². The van der Waals surface area contributed by atoms with E-state index in [1.807, 2.05) is 74.6 Å². The Labute approximate surface area is 364 Å². The van der Waals surface area contributed by atoms with Crippen LogP contribution in [0, 0.1) is 5.92 Å². The van der Waals surface area contributed by atoms with Gasteiger partial charge in [0.05, 0.1) is 54.1 Å². The van der Waals surface area contributed by atoms with E-state index in [2.05, 4.69) is 31.2 Å². The van der Waals surface area contributed by atoms with E-state index in [1.165, 1.54) is 23.7 Å². The van der Waals surface area contributed by atoms with Crippen LogP contribution in [0.5, 0.6) is 0 Å². The minimum Gasteiger partial charge on any atom is -0.444 e. The van der Waals surface area contributed by atoms with Crippen LogP contribution in [0.3, 0.4) is 0 Å². The van der Waals surface area contributed by atoms with Crippen molar-refractivity contribution in [3.63, 3.8) is 0 Å². The molecule has 17 nitrogen and oxygen atoms in total. The Morgan fingerprint density at radius 3 is 2.59 bits per heavy atom. The first kappa shape index (κ1) is 43.2. The van der Waals surface area contributed by atoms with Crippen molar-refractivity contribution in [3.8, 4) is 17.1 Å². The zero-order chi connectivity index (χ0) is 43.9. The molecule has 1 saturated carbocycles. The molecule has 0 spiro atoms. The number of carbonyl (C=O) groups is 3. The summed E-state index contributed by atoms with van der Waals surface area (Å²) in [6, 6.07) is 16.8. The third-order valence-electron chi connectivity index (χ3n) is 11.3. The molecule has 1 aliphatic heterocycles. The maximum atomic E-state index is 13.3. The van der Waals surface area contributed by atoms with E-state index < -0.39 is 11.9 Å². The number of fused-ring (bicyclic) bond motifs is 1. The van der Waals surface area contributed by atoms with Crippen molar-refractivity contribution in [2.45, 2.75) is 70.9 Å². The third kappa shape index (κ3) is 10.4. The van der Waals surface area contributed by atoms with Gasteiger partial charge in [-0.15, -0.1) is 0 Å². The van der Waals surface area contributed by atoms with Crippen LogP contribution in [0.4, 0.5) is 11.5 Å². The SMILES string of the molecule is CC(C)c1nn(-c2ccc(CNCCOCCOCCCc3cccc4c3n(C)c(=O)n4C3CCC(=O)NC3=O)cc2)cc1NC(=O)c1coc(-c2ccnc(NCC3CC3)c2)n1. The number of hydrogen-bond acceptors (Lipinski definition) is 12. The summed E-state index contributed by atoms with van der Waals surface area (Å²) in [5, 5.41) is 16.9. The van der Waals surface area contributed by atoms with Gasteiger partial charge in [-0.3, -0.25) is 28.8 Å². The molecule has 1 aliphatic carbocycles. The highest BCUT2D eigenvalue weighted by Gasteiger charge is 2.31. The summed E-state index contributed by atoms with van der Waals surface area (Å²) in [4.78, 5) is 59.6. The van der Waals surface area contributed by atoms with Gasteiger partial charge in [-0.2, -0.15) is 5.10 Å². The Kier molecular flexibility index (Phi) is 13.5. The van der Waals surface area contributed by atoms with Crippen molar-refractivity contribution in [1.29, 1.82) is 0 Å². The Balaban J connectivity index is 0.738. The molecule has 2 fully saturated rings. The van der Waals surface area contributed by atoms with E-state index in [0.29, 0.717) is 75.4 Å². The smallest absolute Gasteiger partial charge is 0.329 e. The number of carbonyl (C=O) groups excluding carboxylic acids is 3. The molecule has 1 saturated heterocycles. The molecule has 1 atom stereocenters. The number of rotatable bonds is 21. The zero-order valence-electron chi connectivity index (χ0n) is 35.9. The number of oxazole rings is 1. The maximum absolute atomic E-state index is 13.3. The number of para-hydroxylation sites is 1. The molecule has 0 bridgehead atoms. The third-order valence-corrected chi connectivity index (χ3v) is 11.3. The monoisotopic (exact) mass is 858 g/mol. The number of imide groups is 1. The number of ether oxygens (including phenoxy) is 2. The number of hydrogen-bond donors (Lipinski definition) is 4. The first-order valence-corrected chi connectivity index (χ1v) is 21.7. The molecule has 8 rings (SSSR count). The summed E-state index contributed by atoms with van der Waals surface area (Å²) < 4.78 is 22.1. The van der Waals surface area contributed by atoms with Crippen molar-refractivity contribution in [1.82, 2.24) is 39.5 Å². The molecule has 5 heterocycles. The fourth-order valence-corrected chi connectivity index (χ4v) is 7.75. The molecule has 17 heteroatoms. The molecule has 4 N–H and O–H groups in total. The highest BCUT2D eigenvalue weighted by atomic mass is 16.5. The lowest BCUT2D eigenvalue weighted by Gasteiger charge is -2.21. The largest absolute Gasteiger partial charge is 0.444 e. The lowest BCUT2D eigenvalue weighted by Crippen LogP contribution is -2.44. The number of pyridine rings is 1. The zero-order valence-corrected chi connectivity index (χ0v) is 35.9. The van der Waals surface area contributed by atoms with E-state index >= 15 is 0 Å². The molecule has 2 aliphatic rings. The molecular formula is C46H54N10O7. The first-order valence-electron chi connectivity index (χ1n) is 21.7. The molecule has 4 aromatic heterocycles. The van der Waals surface area contributed by atoms with Crippen molar-refractivity contribution >= 4 is 40.3 Å². The molecular weight excluding hydrogens is 805 g/mol. The van der Waals surface area contributed by atoms with Crippen LogP contribution in [-0.4, -0.2) is 86.1 Å². The van der Waals surface area contributed by atoms with Gasteiger partial charge in [0.25, 0.3) is 5.91 Å². The van der Waals surface area contributed by atoms with Crippen LogP contribution in [0.25, 0.3) is 28.2 Å². The van der Waals surface area contributed by atoms with Crippen LogP contribution in [0.15, 0.2) is 82.5 Å². The number of aryl methyl sites for hydroxylation is 2. The lowest BCUT2D eigenvalue weighted by atomic mass is 10.0. The number of anilines is 2. The molecule has 3 amide bonds. The Hall–Kier alpha value is -6.43. The Bertz CT molecular complexity index is 2620. The molecule has 63 heavy (non-hydrogen) atoms. The number of nitrogens with one attached hydrogen (secondary N) is 4. The van der Waals surface area contributed by atoms with Crippen molar-refractivity contribution in [2.75, 3.05) is 50.2 Å². The topological polar surface area (TPSA) is 201 Å². The number of imidazole rings is 1. The quantitative estimate of drug-likeness (QED) is 0.0524. The minimum atomic E-state index is -0.708. The summed E-state index contributed by atoms with van der Waals surface area (Å²) in [5.41, 5.74) is 6.45. The molecule has 0 radical (unpaired) electrons. The summed E-state index contributed by atoms with van der Waals surface area (Å²) >= 11 is 0. The second kappa shape index (κ2) is 19.7. The fraction of sp³-hybridized carbons (Fsp3) is 0.413. The standard InChI is InChI=1S/C46H54N10O7/c1-29(2)41-35(50-43(58)36-28-63-45(51-36)33-17-18-48-39(24-33)49-26-31-9-10-31)27-55(53-41)34-13-11-30(12-14-34)25-47-19-21-62-23-22-61-20-5-7-32-6-4-8-37-42(32)54(3)46(60)56(37)38-15-16-40(57)52-44(38)59/h4,6,8,11-14,17-18,24,27-29,31,38,47H,5,7,9-10,15-16,19-23,25-26H2,1-3H3,(H,48,49)(H,50,58)(H,52,57,59). The lowest BCUT2D eigenvalue weighted by molar-refractivity contribution is -0.135. The van der Waals surface area contributed by atoms with Crippen molar-refractivity contribution in [2.24, 2.45) is 13.0 Å². The van der Waals surface area contributed by atoms with Gasteiger partial charge in [0, 0.05) is 51.5 Å². The van der Waals surface area contributed by atoms with Gasteiger partial charge in [-0.25, -0.2) is 19.4 Å². The normalized spacial score (nSPS) is 15.3. The summed E-state index contributed by atoms with van der Waals surface area (Å²) in [6.45, 7) is 8.34. The van der Waals surface area contributed by atoms with E-state index in [-0.39, 0.29) is 35.5 Å². The number of amides is 3. The van der Waals surface area contributed by atoms with Gasteiger partial charge in [0.1, 0.15) is 18.1 Å². The molecule has 1 unspecified atom stereocenters. The van der Waals surface area contributed by atoms with Gasteiger partial charge < -0.3 is 29.8 Å². The van der Waals surface area contributed by atoms with Crippen molar-refractivity contribution in [3.05, 3.63) is 106 Å². The summed E-state index contributed by atoms with van der Waals surface area (Å²) in [7, 11) is 1.71. The molecule has 330 valence electrons. The highest BCUT2D eigenvalue weighted by molar-refractivity contribution is 6.03. The van der Waals surface area contributed by atoms with Crippen LogP contribution in [0.1, 0.15) is 85.2 Å². The van der Waals surface area contributed by atoms with Gasteiger partial charge in [-0.1, -0.05) is 38.1 Å². The number of nitrogens with zero attached hydrogens (tertiary/aromatic N) is 6. The number of piperidine rings is 1. The average molecular weight is 859 g/mol. The second-order valence-corrected chi connectivity index (χ2v) is 16.4. The molecule has 2 aromatic carbocycles. The van der Waals surface area contributed by atoms with Crippen molar-refractivity contribution < 1.29 is 28.3 Å². The molecule has 6 aromatic rings. The van der Waals surface area contributed by atoms with Crippen LogP contribution < -0.4 is 27.0 Å². The van der Waals surface area contributed by atoms with E-state index in [0.717, 1.165) is 52.4 Å². The minimum absolute atomic E-state index is 0.0605. The highest BCUT2D eigenvalue weighted by Crippen LogP contribution is 2.30. The van der Waals surface area contributed by atoms with Crippen LogP contribution >= 0.6 is 0 Å². The maximum Gasteiger partial charge on any atom is 0.329 e. The summed E-state index contributed by atoms with van der Waals surface area (Å²) in [6.07, 6.45) is 9.35. The Morgan fingerprint density at radius 2 is 1.81 bits per heavy atom. The predicted molar refractivity (Wildman–Crippen MR) is 237 cm³/mol. The second-order valence-electron chi connectivity index (χ2n) is 16.4. The van der Waals surface area contributed by atoms with E-state index in [9.17, 15) is 19.2 Å².